The van der Waals surface area contributed by atoms with Crippen molar-refractivity contribution in [3.8, 4) is 0 Å². The molecule has 5 nitrogen and oxygen atoms in total. The molecule has 0 saturated carbocycles. The van der Waals surface area contributed by atoms with Gasteiger partial charge < -0.3 is 4.74 Å². The van der Waals surface area contributed by atoms with E-state index in [4.69, 9.17) is 16.3 Å². The first kappa shape index (κ1) is 15.3. The van der Waals surface area contributed by atoms with Crippen LogP contribution in [0.25, 0.3) is 0 Å². The number of hydrogen-bond acceptors (Lipinski definition) is 4. The molecule has 1 heterocycles. The number of aromatic nitrogens is 2. The third-order valence-corrected chi connectivity index (χ3v) is 3.00. The Morgan fingerprint density at radius 3 is 2.62 bits per heavy atom. The fraction of sp³-hybridized carbons (Fsp3) is 0.267. The first-order valence-corrected chi connectivity index (χ1v) is 6.97. The summed E-state index contributed by atoms with van der Waals surface area (Å²) in [4.78, 5) is 21.6. The molecule has 0 radical (unpaired) electrons. The Balaban J connectivity index is 2.08. The zero-order valence-electron chi connectivity index (χ0n) is 11.9. The molecule has 0 aliphatic rings. The summed E-state index contributed by atoms with van der Waals surface area (Å²) < 4.78 is 5.30. The topological polar surface area (TPSA) is 55.3 Å². The van der Waals surface area contributed by atoms with Gasteiger partial charge in [-0.25, -0.2) is 14.8 Å². The molecule has 21 heavy (non-hydrogen) atoms. The zero-order valence-corrected chi connectivity index (χ0v) is 12.7. The molecule has 110 valence electrons. The van der Waals surface area contributed by atoms with Gasteiger partial charge in [-0.15, -0.1) is 0 Å². The molecule has 2 aromatic rings. The minimum absolute atomic E-state index is 0.110. The van der Waals surface area contributed by atoms with E-state index in [1.165, 1.54) is 4.90 Å². The Kier molecular flexibility index (Phi) is 5.11. The molecule has 0 saturated heterocycles. The lowest BCUT2D eigenvalue weighted by Crippen LogP contribution is -2.32. The average molecular weight is 306 g/mol. The van der Waals surface area contributed by atoms with Gasteiger partial charge in [0, 0.05) is 18.3 Å². The summed E-state index contributed by atoms with van der Waals surface area (Å²) in [5, 5.41) is 0.110. The molecule has 0 spiro atoms. The first-order valence-electron chi connectivity index (χ1n) is 6.59. The number of carbonyl (C=O) groups is 1. The van der Waals surface area contributed by atoms with Crippen LogP contribution in [0, 0.1) is 6.92 Å². The maximum absolute atomic E-state index is 12.2. The van der Waals surface area contributed by atoms with Gasteiger partial charge in [-0.2, -0.15) is 0 Å². The van der Waals surface area contributed by atoms with Gasteiger partial charge in [-0.3, -0.25) is 4.90 Å². The highest BCUT2D eigenvalue weighted by Crippen LogP contribution is 2.16. The fourth-order valence-electron chi connectivity index (χ4n) is 1.84. The molecule has 0 aliphatic carbocycles. The van der Waals surface area contributed by atoms with Gasteiger partial charge in [-0.05, 0) is 31.0 Å². The number of aryl methyl sites for hydroxylation is 1. The molecule has 2 rings (SSSR count). The Morgan fingerprint density at radius 2 is 2.00 bits per heavy atom. The Hall–Kier alpha value is -2.14. The van der Waals surface area contributed by atoms with Gasteiger partial charge in [-0.1, -0.05) is 30.3 Å². The van der Waals surface area contributed by atoms with E-state index in [1.54, 1.807) is 13.0 Å². The Morgan fingerprint density at radius 1 is 1.29 bits per heavy atom. The van der Waals surface area contributed by atoms with Crippen LogP contribution in [0.15, 0.2) is 36.4 Å². The first-order chi connectivity index (χ1) is 10.1. The molecule has 0 unspecified atom stereocenters. The third-order valence-electron chi connectivity index (χ3n) is 2.83. The van der Waals surface area contributed by atoms with E-state index in [2.05, 4.69) is 9.97 Å². The summed E-state index contributed by atoms with van der Waals surface area (Å²) in [6.07, 6.45) is -0.462. The summed E-state index contributed by atoms with van der Waals surface area (Å²) in [5.41, 5.74) is 1.62. The maximum Gasteiger partial charge on any atom is 0.415 e. The van der Waals surface area contributed by atoms with Crippen molar-refractivity contribution >= 4 is 23.5 Å². The SMILES string of the molecule is CCN(C(=O)OCc1ccccc1)c1cc(C)nc(Cl)n1. The summed E-state index contributed by atoms with van der Waals surface area (Å²) in [7, 11) is 0. The van der Waals surface area contributed by atoms with E-state index in [-0.39, 0.29) is 11.9 Å². The Labute approximate surface area is 128 Å². The van der Waals surface area contributed by atoms with Crippen LogP contribution in [-0.4, -0.2) is 22.6 Å². The predicted molar refractivity (Wildman–Crippen MR) is 81.4 cm³/mol. The second kappa shape index (κ2) is 7.04. The summed E-state index contributed by atoms with van der Waals surface area (Å²) >= 11 is 5.83. The number of carbonyl (C=O) groups excluding carboxylic acids is 1. The van der Waals surface area contributed by atoms with E-state index < -0.39 is 6.09 Å². The quantitative estimate of drug-likeness (QED) is 0.810. The van der Waals surface area contributed by atoms with Crippen molar-refractivity contribution in [3.05, 3.63) is 52.9 Å². The van der Waals surface area contributed by atoms with Crippen LogP contribution >= 0.6 is 11.6 Å². The highest BCUT2D eigenvalue weighted by molar-refractivity contribution is 6.28. The molecule has 0 aliphatic heterocycles. The van der Waals surface area contributed by atoms with E-state index >= 15 is 0 Å². The summed E-state index contributed by atoms with van der Waals surface area (Å²) in [6, 6.07) is 11.2. The number of ether oxygens (including phenoxy) is 1. The van der Waals surface area contributed by atoms with Gasteiger partial charge >= 0.3 is 6.09 Å². The number of hydrogen-bond donors (Lipinski definition) is 0. The number of benzene rings is 1. The third kappa shape index (κ3) is 4.16. The molecular formula is C15H16ClN3O2. The number of amides is 1. The molecule has 0 atom stereocenters. The summed E-state index contributed by atoms with van der Waals surface area (Å²) in [5.74, 6) is 0.438. The van der Waals surface area contributed by atoms with Gasteiger partial charge in [0.15, 0.2) is 0 Å². The molecule has 6 heteroatoms. The molecule has 1 aromatic heterocycles. The highest BCUT2D eigenvalue weighted by atomic mass is 35.5. The monoisotopic (exact) mass is 305 g/mol. The lowest BCUT2D eigenvalue weighted by atomic mass is 10.2. The second-order valence-corrected chi connectivity index (χ2v) is 4.76. The molecule has 0 N–H and O–H groups in total. The predicted octanol–water partition coefficient (Wildman–Crippen LogP) is 3.60. The van der Waals surface area contributed by atoms with Crippen molar-refractivity contribution in [2.45, 2.75) is 20.5 Å². The van der Waals surface area contributed by atoms with E-state index in [0.717, 1.165) is 5.56 Å². The molecule has 0 bridgehead atoms. The number of halogens is 1. The standard InChI is InChI=1S/C15H16ClN3O2/c1-3-19(13-9-11(2)17-14(16)18-13)15(20)21-10-12-7-5-4-6-8-12/h4-9H,3,10H2,1-2H3. The van der Waals surface area contributed by atoms with Crippen molar-refractivity contribution < 1.29 is 9.53 Å². The second-order valence-electron chi connectivity index (χ2n) is 4.42. The van der Waals surface area contributed by atoms with Gasteiger partial charge in [0.1, 0.15) is 12.4 Å². The lowest BCUT2D eigenvalue weighted by molar-refractivity contribution is 0.147. The van der Waals surface area contributed by atoms with Crippen molar-refractivity contribution in [1.29, 1.82) is 0 Å². The van der Waals surface area contributed by atoms with E-state index in [0.29, 0.717) is 18.1 Å². The van der Waals surface area contributed by atoms with Crippen molar-refractivity contribution in [1.82, 2.24) is 9.97 Å². The van der Waals surface area contributed by atoms with Crippen molar-refractivity contribution in [3.63, 3.8) is 0 Å². The highest BCUT2D eigenvalue weighted by Gasteiger charge is 2.18. The van der Waals surface area contributed by atoms with Gasteiger partial charge in [0.05, 0.1) is 0 Å². The van der Waals surface area contributed by atoms with Crippen LogP contribution in [0.3, 0.4) is 0 Å². The average Bonchev–Trinajstić information content (AvgIpc) is 2.46. The van der Waals surface area contributed by atoms with Crippen molar-refractivity contribution in [2.75, 3.05) is 11.4 Å². The van der Waals surface area contributed by atoms with Gasteiger partial charge in [0.2, 0.25) is 5.28 Å². The lowest BCUT2D eigenvalue weighted by Gasteiger charge is -2.19. The largest absolute Gasteiger partial charge is 0.444 e. The fourth-order valence-corrected chi connectivity index (χ4v) is 2.06. The number of rotatable bonds is 4. The molecule has 1 amide bonds. The van der Waals surface area contributed by atoms with Crippen LogP contribution in [0.1, 0.15) is 18.2 Å². The van der Waals surface area contributed by atoms with Crippen LogP contribution < -0.4 is 4.90 Å². The number of anilines is 1. The molecule has 1 aromatic carbocycles. The zero-order chi connectivity index (χ0) is 15.2. The van der Waals surface area contributed by atoms with Crippen LogP contribution in [0.5, 0.6) is 0 Å². The Bertz CT molecular complexity index is 599. The molecule has 0 fully saturated rings. The summed E-state index contributed by atoms with van der Waals surface area (Å²) in [6.45, 7) is 4.28. The minimum atomic E-state index is -0.462. The van der Waals surface area contributed by atoms with E-state index in [9.17, 15) is 4.79 Å². The normalized spacial score (nSPS) is 10.2. The van der Waals surface area contributed by atoms with Crippen LogP contribution in [-0.2, 0) is 11.3 Å². The molecular weight excluding hydrogens is 290 g/mol. The maximum atomic E-state index is 12.2. The number of nitrogens with zero attached hydrogens (tertiary/aromatic N) is 3. The minimum Gasteiger partial charge on any atom is -0.444 e. The smallest absolute Gasteiger partial charge is 0.415 e. The van der Waals surface area contributed by atoms with Crippen LogP contribution in [0.4, 0.5) is 10.6 Å². The van der Waals surface area contributed by atoms with E-state index in [1.807, 2.05) is 37.3 Å². The van der Waals surface area contributed by atoms with Crippen molar-refractivity contribution in [2.24, 2.45) is 0 Å². The van der Waals surface area contributed by atoms with Gasteiger partial charge in [0.25, 0.3) is 0 Å². The van der Waals surface area contributed by atoms with Crippen LogP contribution in [0.2, 0.25) is 5.28 Å².